The molecule has 3 aromatic rings. The number of aromatic carboxylic acids is 1. The minimum atomic E-state index is -0.933. The van der Waals surface area contributed by atoms with Crippen LogP contribution in [0.3, 0.4) is 0 Å². The summed E-state index contributed by atoms with van der Waals surface area (Å²) < 4.78 is 0. The molecule has 3 heterocycles. The number of hydrogen-bond donors (Lipinski definition) is 2. The number of hydrogen-bond acceptors (Lipinski definition) is 6. The van der Waals surface area contributed by atoms with Crippen LogP contribution in [0.15, 0.2) is 42.9 Å². The van der Waals surface area contributed by atoms with Crippen LogP contribution in [0, 0.1) is 0 Å². The van der Waals surface area contributed by atoms with E-state index in [2.05, 4.69) is 20.3 Å². The van der Waals surface area contributed by atoms with Crippen LogP contribution in [-0.2, 0) is 6.42 Å². The highest BCUT2D eigenvalue weighted by Crippen LogP contribution is 2.27. The number of aromatic nitrogens is 3. The standard InChI is InChI=1S/C17H15ClN4O2S/c1-10(7-13-12(18)3-2-6-19-13)22-17-20-8-11(9-21-17)14-4-5-15(25-14)16(23)24/h2-6,8-10H,7H2,1H3,(H,23,24)(H,20,21,22). The van der Waals surface area contributed by atoms with Gasteiger partial charge in [0.2, 0.25) is 5.95 Å². The van der Waals surface area contributed by atoms with E-state index in [-0.39, 0.29) is 10.9 Å². The molecule has 8 heteroatoms. The highest BCUT2D eigenvalue weighted by Gasteiger charge is 2.11. The average Bonchev–Trinajstić information content (AvgIpc) is 3.08. The van der Waals surface area contributed by atoms with Crippen molar-refractivity contribution in [2.24, 2.45) is 0 Å². The Labute approximate surface area is 153 Å². The third kappa shape index (κ3) is 4.32. The van der Waals surface area contributed by atoms with Gasteiger partial charge in [0.1, 0.15) is 4.88 Å². The van der Waals surface area contributed by atoms with Gasteiger partial charge < -0.3 is 10.4 Å². The molecule has 0 spiro atoms. The van der Waals surface area contributed by atoms with E-state index in [1.165, 1.54) is 11.3 Å². The molecule has 0 aliphatic carbocycles. The van der Waals surface area contributed by atoms with Gasteiger partial charge in [-0.3, -0.25) is 4.98 Å². The van der Waals surface area contributed by atoms with Crippen molar-refractivity contribution in [2.75, 3.05) is 5.32 Å². The second kappa shape index (κ2) is 7.58. The molecule has 128 valence electrons. The maximum Gasteiger partial charge on any atom is 0.345 e. The fraction of sp³-hybridized carbons (Fsp3) is 0.176. The summed E-state index contributed by atoms with van der Waals surface area (Å²) in [5.41, 5.74) is 1.60. The van der Waals surface area contributed by atoms with Crippen molar-refractivity contribution in [3.8, 4) is 10.4 Å². The predicted molar refractivity (Wildman–Crippen MR) is 98.3 cm³/mol. The van der Waals surface area contributed by atoms with E-state index >= 15 is 0 Å². The average molecular weight is 375 g/mol. The van der Waals surface area contributed by atoms with Crippen LogP contribution in [0.5, 0.6) is 0 Å². The molecule has 0 aliphatic heterocycles. The number of carboxylic acids is 1. The van der Waals surface area contributed by atoms with Crippen LogP contribution >= 0.6 is 22.9 Å². The Morgan fingerprint density at radius 2 is 2.04 bits per heavy atom. The Kier molecular flexibility index (Phi) is 5.25. The molecular formula is C17H15ClN4O2S. The van der Waals surface area contributed by atoms with Crippen LogP contribution in [0.25, 0.3) is 10.4 Å². The van der Waals surface area contributed by atoms with Crippen LogP contribution < -0.4 is 5.32 Å². The SMILES string of the molecule is CC(Cc1ncccc1Cl)Nc1ncc(-c2ccc(C(=O)O)s2)cn1. The van der Waals surface area contributed by atoms with Crippen molar-refractivity contribution in [1.29, 1.82) is 0 Å². The van der Waals surface area contributed by atoms with Gasteiger partial charge in [0, 0.05) is 41.5 Å². The third-order valence-corrected chi connectivity index (χ3v) is 4.93. The van der Waals surface area contributed by atoms with E-state index < -0.39 is 5.97 Å². The van der Waals surface area contributed by atoms with Crippen LogP contribution in [0.4, 0.5) is 5.95 Å². The minimum absolute atomic E-state index is 0.0543. The molecule has 0 aromatic carbocycles. The first-order valence-corrected chi connectivity index (χ1v) is 8.74. The Balaban J connectivity index is 1.65. The van der Waals surface area contributed by atoms with Gasteiger partial charge in [0.05, 0.1) is 10.7 Å². The molecule has 0 bridgehead atoms. The number of nitrogens with one attached hydrogen (secondary N) is 1. The molecule has 6 nitrogen and oxygen atoms in total. The van der Waals surface area contributed by atoms with Crippen LogP contribution in [0.2, 0.25) is 5.02 Å². The molecule has 1 unspecified atom stereocenters. The maximum absolute atomic E-state index is 10.9. The second-order valence-corrected chi connectivity index (χ2v) is 6.94. The van der Waals surface area contributed by atoms with E-state index in [0.29, 0.717) is 17.4 Å². The van der Waals surface area contributed by atoms with Gasteiger partial charge >= 0.3 is 5.97 Å². The molecule has 25 heavy (non-hydrogen) atoms. The van der Waals surface area contributed by atoms with Gasteiger partial charge in [0.15, 0.2) is 0 Å². The summed E-state index contributed by atoms with van der Waals surface area (Å²) in [7, 11) is 0. The Bertz CT molecular complexity index is 882. The Hall–Kier alpha value is -2.51. The number of anilines is 1. The van der Waals surface area contributed by atoms with Crippen molar-refractivity contribution in [3.63, 3.8) is 0 Å². The van der Waals surface area contributed by atoms with Gasteiger partial charge in [-0.2, -0.15) is 0 Å². The summed E-state index contributed by atoms with van der Waals surface area (Å²) in [5, 5.41) is 12.8. The lowest BCUT2D eigenvalue weighted by molar-refractivity contribution is 0.0702. The van der Waals surface area contributed by atoms with E-state index in [4.69, 9.17) is 16.7 Å². The zero-order chi connectivity index (χ0) is 17.8. The molecule has 2 N–H and O–H groups in total. The van der Waals surface area contributed by atoms with Gasteiger partial charge in [-0.05, 0) is 31.2 Å². The molecule has 0 aliphatic rings. The third-order valence-electron chi connectivity index (χ3n) is 3.46. The Morgan fingerprint density at radius 3 is 2.68 bits per heavy atom. The number of carbonyl (C=O) groups is 1. The molecule has 1 atom stereocenters. The molecular weight excluding hydrogens is 360 g/mol. The predicted octanol–water partition coefficient (Wildman–Crippen LogP) is 3.99. The first-order chi connectivity index (χ1) is 12.0. The zero-order valence-electron chi connectivity index (χ0n) is 13.3. The van der Waals surface area contributed by atoms with E-state index in [9.17, 15) is 4.79 Å². The van der Waals surface area contributed by atoms with Crippen molar-refractivity contribution in [2.45, 2.75) is 19.4 Å². The van der Waals surface area contributed by atoms with Gasteiger partial charge in [0.25, 0.3) is 0 Å². The normalized spacial score (nSPS) is 11.9. The van der Waals surface area contributed by atoms with Crippen molar-refractivity contribution in [1.82, 2.24) is 15.0 Å². The smallest absolute Gasteiger partial charge is 0.345 e. The fourth-order valence-corrected chi connectivity index (χ4v) is 3.29. The number of pyridine rings is 1. The minimum Gasteiger partial charge on any atom is -0.477 e. The molecule has 0 saturated carbocycles. The van der Waals surface area contributed by atoms with E-state index in [1.54, 1.807) is 36.8 Å². The molecule has 0 saturated heterocycles. The number of carboxylic acid groups (broad SMARTS) is 1. The summed E-state index contributed by atoms with van der Waals surface area (Å²) >= 11 is 7.32. The summed E-state index contributed by atoms with van der Waals surface area (Å²) in [6.07, 6.45) is 5.71. The first kappa shape index (κ1) is 17.3. The fourth-order valence-electron chi connectivity index (χ4n) is 2.27. The maximum atomic E-state index is 10.9. The van der Waals surface area contributed by atoms with E-state index in [0.717, 1.165) is 16.1 Å². The monoisotopic (exact) mass is 374 g/mol. The topological polar surface area (TPSA) is 88.0 Å². The van der Waals surface area contributed by atoms with Crippen molar-refractivity contribution < 1.29 is 9.90 Å². The molecule has 3 rings (SSSR count). The lowest BCUT2D eigenvalue weighted by atomic mass is 10.1. The lowest BCUT2D eigenvalue weighted by Gasteiger charge is -2.14. The largest absolute Gasteiger partial charge is 0.477 e. The molecule has 0 radical (unpaired) electrons. The summed E-state index contributed by atoms with van der Waals surface area (Å²) in [4.78, 5) is 24.9. The van der Waals surface area contributed by atoms with Crippen LogP contribution in [0.1, 0.15) is 22.3 Å². The summed E-state index contributed by atoms with van der Waals surface area (Å²) in [5.74, 6) is -0.434. The number of nitrogens with zero attached hydrogens (tertiary/aromatic N) is 3. The quantitative estimate of drug-likeness (QED) is 0.678. The molecule has 0 amide bonds. The van der Waals surface area contributed by atoms with Gasteiger partial charge in [-0.1, -0.05) is 11.6 Å². The zero-order valence-corrected chi connectivity index (χ0v) is 14.9. The Morgan fingerprint density at radius 1 is 1.28 bits per heavy atom. The van der Waals surface area contributed by atoms with Crippen molar-refractivity contribution >= 4 is 34.9 Å². The molecule has 0 fully saturated rings. The van der Waals surface area contributed by atoms with Crippen LogP contribution in [-0.4, -0.2) is 32.1 Å². The highest BCUT2D eigenvalue weighted by atomic mass is 35.5. The highest BCUT2D eigenvalue weighted by molar-refractivity contribution is 7.17. The number of rotatable bonds is 6. The number of thiophene rings is 1. The van der Waals surface area contributed by atoms with E-state index in [1.807, 2.05) is 13.0 Å². The van der Waals surface area contributed by atoms with Gasteiger partial charge in [-0.25, -0.2) is 14.8 Å². The van der Waals surface area contributed by atoms with Crippen molar-refractivity contribution in [3.05, 3.63) is 58.4 Å². The summed E-state index contributed by atoms with van der Waals surface area (Å²) in [6, 6.07) is 7.00. The number of halogens is 1. The van der Waals surface area contributed by atoms with Gasteiger partial charge in [-0.15, -0.1) is 11.3 Å². The summed E-state index contributed by atoms with van der Waals surface area (Å²) in [6.45, 7) is 2.00. The molecule has 3 aromatic heterocycles. The second-order valence-electron chi connectivity index (χ2n) is 5.45. The lowest BCUT2D eigenvalue weighted by Crippen LogP contribution is -2.20. The first-order valence-electron chi connectivity index (χ1n) is 7.54.